The van der Waals surface area contributed by atoms with Crippen LogP contribution in [0.1, 0.15) is 12.5 Å². The molecule has 0 saturated heterocycles. The molecule has 4 rings (SSSR count). The highest BCUT2D eigenvalue weighted by atomic mass is 16.5. The summed E-state index contributed by atoms with van der Waals surface area (Å²) in [4.78, 5) is 32.0. The van der Waals surface area contributed by atoms with Crippen LogP contribution in [0.25, 0.3) is 22.6 Å². The third kappa shape index (κ3) is 3.11. The summed E-state index contributed by atoms with van der Waals surface area (Å²) in [6.07, 6.45) is 0. The van der Waals surface area contributed by atoms with Crippen LogP contribution in [0, 0.1) is 0 Å². The van der Waals surface area contributed by atoms with E-state index in [1.54, 1.807) is 11.6 Å². The number of aromatic nitrogens is 4. The van der Waals surface area contributed by atoms with Gasteiger partial charge in [-0.15, -0.1) is 0 Å². The molecule has 0 amide bonds. The number of aromatic amines is 1. The van der Waals surface area contributed by atoms with Crippen LogP contribution in [0.15, 0.2) is 64.2 Å². The summed E-state index contributed by atoms with van der Waals surface area (Å²) >= 11 is 0. The molecule has 2 heterocycles. The van der Waals surface area contributed by atoms with E-state index in [1.165, 1.54) is 4.57 Å². The lowest BCUT2D eigenvalue weighted by Gasteiger charge is -2.06. The van der Waals surface area contributed by atoms with Crippen molar-refractivity contribution in [1.82, 2.24) is 19.1 Å². The van der Waals surface area contributed by atoms with E-state index in [0.717, 1.165) is 16.9 Å². The van der Waals surface area contributed by atoms with Gasteiger partial charge in [-0.1, -0.05) is 30.3 Å². The second-order valence-corrected chi connectivity index (χ2v) is 6.46. The predicted molar refractivity (Wildman–Crippen MR) is 108 cm³/mol. The summed E-state index contributed by atoms with van der Waals surface area (Å²) in [5, 5.41) is 0. The molecule has 2 aromatic heterocycles. The molecule has 0 radical (unpaired) electrons. The standard InChI is InChI=1S/C21H20N4O3/c1-3-28-16-11-9-15(10-12-16)18-22-19-17(24(18)2)20(26)23-21(27)25(19)13-14-7-5-4-6-8-14/h4-12H,3,13H2,1-2H3,(H,23,26,27). The summed E-state index contributed by atoms with van der Waals surface area (Å²) in [5.74, 6) is 1.37. The molecule has 1 N–H and O–H groups in total. The summed E-state index contributed by atoms with van der Waals surface area (Å²) < 4.78 is 8.68. The van der Waals surface area contributed by atoms with Crippen molar-refractivity contribution in [1.29, 1.82) is 0 Å². The lowest BCUT2D eigenvalue weighted by molar-refractivity contribution is 0.340. The Morgan fingerprint density at radius 3 is 2.43 bits per heavy atom. The molecule has 0 fully saturated rings. The molecular formula is C21H20N4O3. The third-order valence-corrected chi connectivity index (χ3v) is 4.62. The van der Waals surface area contributed by atoms with Crippen molar-refractivity contribution >= 4 is 11.2 Å². The number of ether oxygens (including phenoxy) is 1. The maximum absolute atomic E-state index is 12.5. The number of hydrogen-bond acceptors (Lipinski definition) is 4. The highest BCUT2D eigenvalue weighted by molar-refractivity contribution is 5.77. The molecule has 2 aromatic carbocycles. The fourth-order valence-corrected chi connectivity index (χ4v) is 3.28. The summed E-state index contributed by atoms with van der Waals surface area (Å²) in [7, 11) is 1.77. The van der Waals surface area contributed by atoms with Crippen LogP contribution in [-0.2, 0) is 13.6 Å². The van der Waals surface area contributed by atoms with Crippen LogP contribution >= 0.6 is 0 Å². The zero-order valence-corrected chi connectivity index (χ0v) is 15.7. The largest absolute Gasteiger partial charge is 0.494 e. The molecular weight excluding hydrogens is 356 g/mol. The van der Waals surface area contributed by atoms with Crippen LogP contribution in [0.3, 0.4) is 0 Å². The number of aryl methyl sites for hydroxylation is 1. The lowest BCUT2D eigenvalue weighted by atomic mass is 10.2. The molecule has 0 saturated carbocycles. The van der Waals surface area contributed by atoms with Crippen molar-refractivity contribution in [3.05, 3.63) is 81.0 Å². The second kappa shape index (κ2) is 7.19. The first-order valence-corrected chi connectivity index (χ1v) is 9.05. The van der Waals surface area contributed by atoms with E-state index >= 15 is 0 Å². The maximum Gasteiger partial charge on any atom is 0.330 e. The van der Waals surface area contributed by atoms with E-state index in [0.29, 0.717) is 30.1 Å². The van der Waals surface area contributed by atoms with Gasteiger partial charge < -0.3 is 9.30 Å². The molecule has 142 valence electrons. The molecule has 0 bridgehead atoms. The summed E-state index contributed by atoms with van der Waals surface area (Å²) in [6, 6.07) is 17.1. The van der Waals surface area contributed by atoms with E-state index in [-0.39, 0.29) is 0 Å². The van der Waals surface area contributed by atoms with Gasteiger partial charge in [0, 0.05) is 12.6 Å². The van der Waals surface area contributed by atoms with Crippen molar-refractivity contribution < 1.29 is 4.74 Å². The van der Waals surface area contributed by atoms with Gasteiger partial charge in [0.2, 0.25) is 0 Å². The van der Waals surface area contributed by atoms with Crippen molar-refractivity contribution in [2.45, 2.75) is 13.5 Å². The van der Waals surface area contributed by atoms with Gasteiger partial charge in [-0.2, -0.15) is 0 Å². The molecule has 0 spiro atoms. The highest BCUT2D eigenvalue weighted by Gasteiger charge is 2.17. The van der Waals surface area contributed by atoms with Crippen molar-refractivity contribution in [3.63, 3.8) is 0 Å². The van der Waals surface area contributed by atoms with Crippen LogP contribution < -0.4 is 16.0 Å². The Balaban J connectivity index is 1.87. The molecule has 7 nitrogen and oxygen atoms in total. The molecule has 28 heavy (non-hydrogen) atoms. The fourth-order valence-electron chi connectivity index (χ4n) is 3.28. The Morgan fingerprint density at radius 1 is 1.04 bits per heavy atom. The lowest BCUT2D eigenvalue weighted by Crippen LogP contribution is -2.31. The Morgan fingerprint density at radius 2 is 1.75 bits per heavy atom. The van der Waals surface area contributed by atoms with Gasteiger partial charge in [0.25, 0.3) is 5.56 Å². The Labute approximate surface area is 160 Å². The highest BCUT2D eigenvalue weighted by Crippen LogP contribution is 2.24. The van der Waals surface area contributed by atoms with Crippen molar-refractivity contribution in [3.8, 4) is 17.1 Å². The van der Waals surface area contributed by atoms with E-state index in [9.17, 15) is 9.59 Å². The summed E-state index contributed by atoms with van der Waals surface area (Å²) in [5.41, 5.74) is 1.59. The van der Waals surface area contributed by atoms with Crippen LogP contribution in [0.5, 0.6) is 5.75 Å². The number of hydrogen-bond donors (Lipinski definition) is 1. The second-order valence-electron chi connectivity index (χ2n) is 6.46. The third-order valence-electron chi connectivity index (χ3n) is 4.62. The molecule has 4 aromatic rings. The van der Waals surface area contributed by atoms with E-state index < -0.39 is 11.2 Å². The molecule has 0 atom stereocenters. The molecule has 0 unspecified atom stereocenters. The zero-order valence-electron chi connectivity index (χ0n) is 15.7. The molecule has 0 aliphatic rings. The van der Waals surface area contributed by atoms with Gasteiger partial charge in [0.1, 0.15) is 11.6 Å². The Kier molecular flexibility index (Phi) is 4.57. The predicted octanol–water partition coefficient (Wildman–Crippen LogP) is 2.54. The topological polar surface area (TPSA) is 81.9 Å². The quantitative estimate of drug-likeness (QED) is 0.580. The maximum atomic E-state index is 12.5. The van der Waals surface area contributed by atoms with Gasteiger partial charge in [0.15, 0.2) is 11.2 Å². The van der Waals surface area contributed by atoms with Gasteiger partial charge >= 0.3 is 5.69 Å². The molecule has 0 aliphatic heterocycles. The average Bonchev–Trinajstić information content (AvgIpc) is 3.04. The monoisotopic (exact) mass is 376 g/mol. The van der Waals surface area contributed by atoms with E-state index in [2.05, 4.69) is 9.97 Å². The first-order valence-electron chi connectivity index (χ1n) is 9.05. The van der Waals surface area contributed by atoms with Crippen molar-refractivity contribution in [2.24, 2.45) is 7.05 Å². The number of benzene rings is 2. The van der Waals surface area contributed by atoms with Gasteiger partial charge in [-0.05, 0) is 36.8 Å². The number of rotatable bonds is 5. The van der Waals surface area contributed by atoms with Crippen LogP contribution in [-0.4, -0.2) is 25.7 Å². The van der Waals surface area contributed by atoms with Crippen LogP contribution in [0.4, 0.5) is 0 Å². The summed E-state index contributed by atoms with van der Waals surface area (Å²) in [6.45, 7) is 2.84. The number of H-pyrrole nitrogens is 1. The number of nitrogens with zero attached hydrogens (tertiary/aromatic N) is 3. The zero-order chi connectivity index (χ0) is 19.7. The minimum atomic E-state index is -0.474. The fraction of sp³-hybridized carbons (Fsp3) is 0.190. The number of nitrogens with one attached hydrogen (secondary N) is 1. The Hall–Kier alpha value is -3.61. The van der Waals surface area contributed by atoms with Crippen LogP contribution in [0.2, 0.25) is 0 Å². The minimum absolute atomic E-state index is 0.326. The smallest absolute Gasteiger partial charge is 0.330 e. The van der Waals surface area contributed by atoms with Crippen molar-refractivity contribution in [2.75, 3.05) is 6.61 Å². The first-order chi connectivity index (χ1) is 13.6. The minimum Gasteiger partial charge on any atom is -0.494 e. The van der Waals surface area contributed by atoms with E-state index in [4.69, 9.17) is 4.74 Å². The van der Waals surface area contributed by atoms with Gasteiger partial charge in [0.05, 0.1) is 13.2 Å². The normalized spacial score (nSPS) is 11.1. The molecule has 0 aliphatic carbocycles. The average molecular weight is 376 g/mol. The van der Waals surface area contributed by atoms with E-state index in [1.807, 2.05) is 61.5 Å². The first kappa shape index (κ1) is 17.8. The SMILES string of the molecule is CCOc1ccc(-c2nc3c(c(=O)[nH]c(=O)n3Cc3ccccc3)n2C)cc1. The van der Waals surface area contributed by atoms with Gasteiger partial charge in [-0.3, -0.25) is 14.3 Å². The molecule has 7 heteroatoms. The number of fused-ring (bicyclic) bond motifs is 1. The Bertz CT molecular complexity index is 1240. The van der Waals surface area contributed by atoms with Gasteiger partial charge in [-0.25, -0.2) is 9.78 Å². The number of imidazole rings is 1.